The maximum Gasteiger partial charge on any atom is 0.233 e. The number of nitrogens with one attached hydrogen (secondary N) is 1. The Bertz CT molecular complexity index is 376. The minimum Gasteiger partial charge on any atom is -0.296 e. The summed E-state index contributed by atoms with van der Waals surface area (Å²) in [6.45, 7) is 2.22. The van der Waals surface area contributed by atoms with Crippen LogP contribution in [-0.2, 0) is 11.3 Å². The van der Waals surface area contributed by atoms with Crippen molar-refractivity contribution in [2.24, 2.45) is 5.84 Å². The summed E-state index contributed by atoms with van der Waals surface area (Å²) in [6.07, 6.45) is 6.43. The van der Waals surface area contributed by atoms with Crippen LogP contribution in [0, 0.1) is 0 Å². The molecule has 1 aromatic rings. The molecule has 1 amide bonds. The van der Waals surface area contributed by atoms with Crippen LogP contribution in [0.15, 0.2) is 16.8 Å². The van der Waals surface area contributed by atoms with Gasteiger partial charge in [-0.15, -0.1) is 0 Å². The van der Waals surface area contributed by atoms with Gasteiger partial charge in [-0.25, -0.2) is 5.84 Å². The lowest BCUT2D eigenvalue weighted by molar-refractivity contribution is -0.121. The molecule has 2 rings (SSSR count). The third kappa shape index (κ3) is 5.30. The molecule has 4 nitrogen and oxygen atoms in total. The molecule has 0 aromatic carbocycles. The highest BCUT2D eigenvalue weighted by Gasteiger charge is 2.28. The number of hydrazine groups is 1. The van der Waals surface area contributed by atoms with Gasteiger partial charge < -0.3 is 0 Å². The van der Waals surface area contributed by atoms with Crippen molar-refractivity contribution in [1.82, 2.24) is 10.3 Å². The summed E-state index contributed by atoms with van der Waals surface area (Å²) >= 11 is 1.77. The second-order valence-electron chi connectivity index (χ2n) is 5.21. The maximum absolute atomic E-state index is 11.0. The van der Waals surface area contributed by atoms with Crippen LogP contribution in [0.25, 0.3) is 0 Å². The summed E-state index contributed by atoms with van der Waals surface area (Å²) < 4.78 is 0. The molecule has 0 bridgehead atoms. The molecule has 1 aliphatic rings. The third-order valence-corrected chi connectivity index (χ3v) is 4.27. The van der Waals surface area contributed by atoms with Crippen LogP contribution in [0.5, 0.6) is 0 Å². The van der Waals surface area contributed by atoms with Crippen molar-refractivity contribution in [3.63, 3.8) is 0 Å². The summed E-state index contributed by atoms with van der Waals surface area (Å²) in [6, 6.07) is 3.01. The number of nitrogens with zero attached hydrogens (tertiary/aromatic N) is 1. The molecule has 3 N–H and O–H groups in total. The Morgan fingerprint density at radius 2 is 2.26 bits per heavy atom. The highest BCUT2D eigenvalue weighted by Crippen LogP contribution is 2.29. The van der Waals surface area contributed by atoms with Crippen LogP contribution < -0.4 is 11.3 Å². The summed E-state index contributed by atoms with van der Waals surface area (Å²) in [5, 5.41) is 4.38. The van der Waals surface area contributed by atoms with E-state index in [9.17, 15) is 4.79 Å². The Hall–Kier alpha value is -0.910. The van der Waals surface area contributed by atoms with E-state index in [4.69, 9.17) is 5.84 Å². The summed E-state index contributed by atoms with van der Waals surface area (Å²) in [4.78, 5) is 13.6. The monoisotopic (exact) mass is 281 g/mol. The smallest absolute Gasteiger partial charge is 0.233 e. The van der Waals surface area contributed by atoms with Crippen molar-refractivity contribution in [2.45, 2.75) is 51.1 Å². The van der Waals surface area contributed by atoms with E-state index >= 15 is 0 Å². The number of carbonyl (C=O) groups is 1. The quantitative estimate of drug-likeness (QED) is 0.316. The fourth-order valence-corrected chi connectivity index (χ4v) is 2.96. The van der Waals surface area contributed by atoms with E-state index in [2.05, 4.69) is 27.2 Å². The van der Waals surface area contributed by atoms with Crippen LogP contribution in [0.4, 0.5) is 0 Å². The lowest BCUT2D eigenvalue weighted by atomic mass is 10.1. The highest BCUT2D eigenvalue weighted by atomic mass is 32.1. The molecule has 0 saturated heterocycles. The maximum atomic E-state index is 11.0. The molecule has 0 unspecified atom stereocenters. The van der Waals surface area contributed by atoms with E-state index in [0.29, 0.717) is 6.42 Å². The van der Waals surface area contributed by atoms with Gasteiger partial charge in [0.1, 0.15) is 0 Å². The van der Waals surface area contributed by atoms with Crippen LogP contribution in [0.1, 0.15) is 44.1 Å². The molecule has 1 heterocycles. The van der Waals surface area contributed by atoms with Crippen molar-refractivity contribution in [2.75, 3.05) is 6.54 Å². The Balaban J connectivity index is 1.62. The third-order valence-electron chi connectivity index (χ3n) is 3.54. The minimum absolute atomic E-state index is 0.0580. The van der Waals surface area contributed by atoms with Crippen LogP contribution in [0.2, 0.25) is 0 Å². The van der Waals surface area contributed by atoms with E-state index in [0.717, 1.165) is 32.0 Å². The Kier molecular flexibility index (Phi) is 5.82. The topological polar surface area (TPSA) is 58.4 Å². The van der Waals surface area contributed by atoms with Gasteiger partial charge in [-0.05, 0) is 54.6 Å². The number of carbonyl (C=O) groups excluding carboxylic acids is 1. The van der Waals surface area contributed by atoms with Gasteiger partial charge in [-0.2, -0.15) is 11.3 Å². The fourth-order valence-electron chi connectivity index (χ4n) is 2.30. The normalized spacial score (nSPS) is 14.8. The number of thiophene rings is 1. The van der Waals surface area contributed by atoms with Gasteiger partial charge in [0.25, 0.3) is 0 Å². The molecule has 106 valence electrons. The van der Waals surface area contributed by atoms with E-state index < -0.39 is 0 Å². The van der Waals surface area contributed by atoms with Gasteiger partial charge in [0.05, 0.1) is 0 Å². The molecular formula is C14H23N3OS. The molecule has 0 aliphatic heterocycles. The number of rotatable bonds is 9. The second-order valence-corrected chi connectivity index (χ2v) is 5.99. The van der Waals surface area contributed by atoms with Gasteiger partial charge in [0, 0.05) is 19.0 Å². The van der Waals surface area contributed by atoms with E-state index in [-0.39, 0.29) is 5.91 Å². The Morgan fingerprint density at radius 3 is 2.89 bits per heavy atom. The predicted molar refractivity (Wildman–Crippen MR) is 78.5 cm³/mol. The van der Waals surface area contributed by atoms with Crippen molar-refractivity contribution < 1.29 is 4.79 Å². The number of amides is 1. The molecule has 0 atom stereocenters. The first-order valence-corrected chi connectivity index (χ1v) is 7.98. The number of nitrogens with two attached hydrogens (primary N) is 1. The SMILES string of the molecule is NNC(=O)CCCCCN(Cc1ccsc1)C1CC1. The van der Waals surface area contributed by atoms with Gasteiger partial charge in [-0.3, -0.25) is 15.1 Å². The molecule has 0 spiro atoms. The summed E-state index contributed by atoms with van der Waals surface area (Å²) in [7, 11) is 0. The largest absolute Gasteiger partial charge is 0.296 e. The second kappa shape index (κ2) is 7.62. The standard InChI is InChI=1S/C14H23N3OS/c15-16-14(18)4-2-1-3-8-17(13-5-6-13)10-12-7-9-19-11-12/h7,9,11,13H,1-6,8,10,15H2,(H,16,18). The average molecular weight is 281 g/mol. The summed E-state index contributed by atoms with van der Waals surface area (Å²) in [5.74, 6) is 4.99. The molecule has 1 saturated carbocycles. The fraction of sp³-hybridized carbons (Fsp3) is 0.643. The van der Waals surface area contributed by atoms with Gasteiger partial charge in [-0.1, -0.05) is 6.42 Å². The average Bonchev–Trinajstić information content (AvgIpc) is 3.14. The molecule has 1 aliphatic carbocycles. The minimum atomic E-state index is -0.0580. The van der Waals surface area contributed by atoms with Crippen LogP contribution in [0.3, 0.4) is 0 Å². The first kappa shape index (κ1) is 14.5. The lowest BCUT2D eigenvalue weighted by Crippen LogP contribution is -2.29. The molecule has 1 aromatic heterocycles. The molecule has 1 fully saturated rings. The number of hydrogen-bond acceptors (Lipinski definition) is 4. The van der Waals surface area contributed by atoms with E-state index in [1.807, 2.05) is 0 Å². The zero-order chi connectivity index (χ0) is 13.5. The van der Waals surface area contributed by atoms with E-state index in [1.54, 1.807) is 11.3 Å². The van der Waals surface area contributed by atoms with Crippen molar-refractivity contribution in [1.29, 1.82) is 0 Å². The van der Waals surface area contributed by atoms with Gasteiger partial charge >= 0.3 is 0 Å². The number of hydrogen-bond donors (Lipinski definition) is 2. The zero-order valence-electron chi connectivity index (χ0n) is 11.3. The molecular weight excluding hydrogens is 258 g/mol. The summed E-state index contributed by atoms with van der Waals surface area (Å²) in [5.41, 5.74) is 3.60. The van der Waals surface area contributed by atoms with Crippen molar-refractivity contribution in [3.05, 3.63) is 22.4 Å². The van der Waals surface area contributed by atoms with Gasteiger partial charge in [0.15, 0.2) is 0 Å². The van der Waals surface area contributed by atoms with Crippen LogP contribution in [-0.4, -0.2) is 23.4 Å². The van der Waals surface area contributed by atoms with Crippen molar-refractivity contribution >= 4 is 17.2 Å². The molecule has 5 heteroatoms. The van der Waals surface area contributed by atoms with Crippen LogP contribution >= 0.6 is 11.3 Å². The molecule has 0 radical (unpaired) electrons. The molecule has 19 heavy (non-hydrogen) atoms. The number of unbranched alkanes of at least 4 members (excludes halogenated alkanes) is 2. The zero-order valence-corrected chi connectivity index (χ0v) is 12.1. The Labute approximate surface area is 118 Å². The van der Waals surface area contributed by atoms with Crippen molar-refractivity contribution in [3.8, 4) is 0 Å². The van der Waals surface area contributed by atoms with E-state index in [1.165, 1.54) is 24.8 Å². The first-order valence-electron chi connectivity index (χ1n) is 7.04. The Morgan fingerprint density at radius 1 is 1.42 bits per heavy atom. The predicted octanol–water partition coefficient (Wildman–Crippen LogP) is 2.26. The van der Waals surface area contributed by atoms with Gasteiger partial charge in [0.2, 0.25) is 5.91 Å². The lowest BCUT2D eigenvalue weighted by Gasteiger charge is -2.21. The first-order chi connectivity index (χ1) is 9.29. The highest BCUT2D eigenvalue weighted by molar-refractivity contribution is 7.07.